The predicted molar refractivity (Wildman–Crippen MR) is 115 cm³/mol. The molecule has 0 bridgehead atoms. The Kier molecular flexibility index (Phi) is 65.6. The third-order valence-corrected chi connectivity index (χ3v) is 10.8. The Bertz CT molecular complexity index is 146. The lowest BCUT2D eigenvalue weighted by atomic mass is 11.0. The fourth-order valence-electron chi connectivity index (χ4n) is 0.595. The molecular formula is C9H42O8Si6. The minimum atomic E-state index is -2.69. The number of rotatable bonds is 8. The van der Waals surface area contributed by atoms with E-state index >= 15 is 0 Å². The van der Waals surface area contributed by atoms with Gasteiger partial charge in [-0.15, -0.1) is 0 Å². The first-order chi connectivity index (χ1) is 9.93. The van der Waals surface area contributed by atoms with Crippen molar-refractivity contribution in [2.24, 2.45) is 0 Å². The number of hydrogen-bond donors (Lipinski definition) is 3. The van der Waals surface area contributed by atoms with Gasteiger partial charge in [0.05, 0.1) is 0 Å². The summed E-state index contributed by atoms with van der Waals surface area (Å²) < 4.78 is 19.5. The molecule has 0 saturated heterocycles. The largest absolute Gasteiger partial charge is 0.463 e. The van der Waals surface area contributed by atoms with Gasteiger partial charge in [0.25, 0.3) is 10.0 Å². The lowest BCUT2D eigenvalue weighted by Crippen LogP contribution is -2.34. The van der Waals surface area contributed by atoms with Gasteiger partial charge in [0.15, 0.2) is 0 Å². The highest BCUT2D eigenvalue weighted by molar-refractivity contribution is 6.59. The minimum Gasteiger partial charge on any atom is -0.447 e. The molecule has 0 rings (SSSR count). The summed E-state index contributed by atoms with van der Waals surface area (Å²) in [5.74, 6) is 0. The molecule has 2 atom stereocenters. The topological polar surface area (TPSA) is 129 Å². The van der Waals surface area contributed by atoms with Crippen LogP contribution in [0.2, 0.25) is 26.2 Å². The van der Waals surface area contributed by atoms with E-state index in [9.17, 15) is 0 Å². The third-order valence-electron chi connectivity index (χ3n) is 1.20. The van der Waals surface area contributed by atoms with Crippen molar-refractivity contribution in [2.75, 3.05) is 0 Å². The quantitative estimate of drug-likeness (QED) is 0.279. The molecule has 0 aromatic heterocycles. The van der Waals surface area contributed by atoms with Crippen molar-refractivity contribution in [3.05, 3.63) is 0 Å². The van der Waals surface area contributed by atoms with E-state index in [4.69, 9.17) is 22.6 Å². The Morgan fingerprint density at radius 2 is 1.00 bits per heavy atom. The van der Waals surface area contributed by atoms with Crippen LogP contribution in [0.4, 0.5) is 0 Å². The molecule has 23 heavy (non-hydrogen) atoms. The molecular weight excluding hydrogens is 405 g/mol. The molecule has 5 N–H and O–H groups in total. The molecule has 0 saturated carbocycles. The summed E-state index contributed by atoms with van der Waals surface area (Å²) in [6.45, 7) is 15.3. The molecule has 0 aliphatic carbocycles. The summed E-state index contributed by atoms with van der Waals surface area (Å²) in [5, 5.41) is 0. The lowest BCUT2D eigenvalue weighted by molar-refractivity contribution is 0.255. The van der Waals surface area contributed by atoms with Crippen molar-refractivity contribution in [1.29, 1.82) is 0 Å². The summed E-state index contributed by atoms with van der Waals surface area (Å²) in [6, 6.07) is 0. The first kappa shape index (κ1) is 39.2. The fraction of sp³-hybridized carbons (Fsp3) is 1.00. The van der Waals surface area contributed by atoms with Gasteiger partial charge in [0, 0.05) is 0 Å². The molecule has 8 nitrogen and oxygen atoms in total. The predicted octanol–water partition coefficient (Wildman–Crippen LogP) is -2.44. The van der Waals surface area contributed by atoms with Gasteiger partial charge in [-0.2, -0.15) is 0 Å². The maximum atomic E-state index is 8.83. The molecule has 0 fully saturated rings. The molecule has 150 valence electrons. The van der Waals surface area contributed by atoms with E-state index in [0.29, 0.717) is 0 Å². The summed E-state index contributed by atoms with van der Waals surface area (Å²) in [4.78, 5) is 26.2. The normalized spacial score (nSPS) is 13.7. The Morgan fingerprint density at radius 3 is 1.17 bits per heavy atom. The van der Waals surface area contributed by atoms with Gasteiger partial charge in [-0.25, -0.2) is 0 Å². The van der Waals surface area contributed by atoms with Crippen LogP contribution in [-0.2, 0) is 16.5 Å². The zero-order valence-corrected chi connectivity index (χ0v) is 23.0. The standard InChI is InChI=1S/C2H12O5Si3.C2H12O2Si3.2C2H6.CH4.H2O/c1-8(3)6-10(5)7-9(2)4;1-5-3-7-4-6-2;2*1-2;;/h3-5,8-10H,1-2H3;5-7H2,1-2H3;2*1-2H3;1H4;1H2. The summed E-state index contributed by atoms with van der Waals surface area (Å²) >= 11 is 0. The van der Waals surface area contributed by atoms with Crippen LogP contribution >= 0.6 is 0 Å². The fourth-order valence-corrected chi connectivity index (χ4v) is 6.99. The van der Waals surface area contributed by atoms with Crippen LogP contribution in [0.5, 0.6) is 0 Å². The maximum absolute atomic E-state index is 8.83. The molecule has 14 heteroatoms. The van der Waals surface area contributed by atoms with E-state index in [0.717, 1.165) is 0 Å². The van der Waals surface area contributed by atoms with Crippen LogP contribution in [0.25, 0.3) is 0 Å². The van der Waals surface area contributed by atoms with Gasteiger partial charge in [0.2, 0.25) is 0 Å². The van der Waals surface area contributed by atoms with Crippen LogP contribution in [0.15, 0.2) is 0 Å². The van der Waals surface area contributed by atoms with Crippen LogP contribution in [0.1, 0.15) is 35.1 Å². The smallest absolute Gasteiger partial charge is 0.447 e. The average Bonchev–Trinajstić information content (AvgIpc) is 2.43. The van der Waals surface area contributed by atoms with Crippen LogP contribution in [0.3, 0.4) is 0 Å². The lowest BCUT2D eigenvalue weighted by Gasteiger charge is -2.12. The van der Waals surface area contributed by atoms with Gasteiger partial charge >= 0.3 is 28.1 Å². The average molecular weight is 447 g/mol. The van der Waals surface area contributed by atoms with E-state index in [1.807, 2.05) is 27.7 Å². The maximum Gasteiger partial charge on any atom is 0.463 e. The van der Waals surface area contributed by atoms with Gasteiger partial charge in [-0.3, -0.25) is 0 Å². The molecule has 0 heterocycles. The zero-order chi connectivity index (χ0) is 17.7. The monoisotopic (exact) mass is 446 g/mol. The van der Waals surface area contributed by atoms with Crippen LogP contribution in [0, 0.1) is 0 Å². The zero-order valence-electron chi connectivity index (χ0n) is 15.3. The van der Waals surface area contributed by atoms with Gasteiger partial charge in [0.1, 0.15) is 19.5 Å². The van der Waals surface area contributed by atoms with E-state index in [2.05, 4.69) is 21.3 Å². The Labute approximate surface area is 155 Å². The SMILES string of the molecule is C.CC.CC.C[SiH2]O[SiH2]O[SiH2]C.C[SiH](O)O[SiH](O)O[SiH](C)O.O. The van der Waals surface area contributed by atoms with Crippen molar-refractivity contribution in [1.82, 2.24) is 0 Å². The highest BCUT2D eigenvalue weighted by Gasteiger charge is 2.16. The summed E-state index contributed by atoms with van der Waals surface area (Å²) in [5.41, 5.74) is 0. The Balaban J connectivity index is -0.0000000494. The molecule has 0 radical (unpaired) electrons. The first-order valence-corrected chi connectivity index (χ1v) is 18.3. The molecule has 0 spiro atoms. The van der Waals surface area contributed by atoms with Gasteiger partial charge in [-0.1, -0.05) is 48.2 Å². The minimum absolute atomic E-state index is 0. The van der Waals surface area contributed by atoms with Crippen molar-refractivity contribution in [3.8, 4) is 0 Å². The van der Waals surface area contributed by atoms with Crippen molar-refractivity contribution >= 4 is 57.6 Å². The van der Waals surface area contributed by atoms with Crippen LogP contribution < -0.4 is 0 Å². The third kappa shape index (κ3) is 60.0. The van der Waals surface area contributed by atoms with Crippen LogP contribution in [-0.4, -0.2) is 77.5 Å². The molecule has 0 aromatic rings. The van der Waals surface area contributed by atoms with Crippen molar-refractivity contribution < 1.29 is 36.3 Å². The van der Waals surface area contributed by atoms with Gasteiger partial charge < -0.3 is 36.3 Å². The van der Waals surface area contributed by atoms with Gasteiger partial charge in [-0.05, 0) is 13.1 Å². The van der Waals surface area contributed by atoms with E-state index in [1.165, 1.54) is 13.1 Å². The second-order valence-electron chi connectivity index (χ2n) is 2.88. The highest BCUT2D eigenvalue weighted by Crippen LogP contribution is 1.88. The second-order valence-corrected chi connectivity index (χ2v) is 12.7. The molecule has 2 unspecified atom stereocenters. The number of hydrogen-bond acceptors (Lipinski definition) is 7. The molecule has 0 aromatic carbocycles. The highest BCUT2D eigenvalue weighted by atomic mass is 28.4. The van der Waals surface area contributed by atoms with E-state index in [1.54, 1.807) is 0 Å². The Morgan fingerprint density at radius 1 is 0.739 bits per heavy atom. The van der Waals surface area contributed by atoms with E-state index < -0.39 is 38.1 Å². The Hall–Kier alpha value is 0.981. The summed E-state index contributed by atoms with van der Waals surface area (Å²) in [7, 11) is -7.83. The van der Waals surface area contributed by atoms with Crippen molar-refractivity contribution in [2.45, 2.75) is 61.3 Å². The molecule has 0 aliphatic rings. The van der Waals surface area contributed by atoms with Crippen molar-refractivity contribution in [3.63, 3.8) is 0 Å². The first-order valence-electron chi connectivity index (χ1n) is 7.44. The molecule has 0 amide bonds. The second kappa shape index (κ2) is 38.5. The summed E-state index contributed by atoms with van der Waals surface area (Å²) in [6.07, 6.45) is 0. The van der Waals surface area contributed by atoms with E-state index in [-0.39, 0.29) is 32.4 Å². The molecule has 0 aliphatic heterocycles.